The highest BCUT2D eigenvalue weighted by molar-refractivity contribution is 14.1. The minimum absolute atomic E-state index is 0.0725. The number of carbonyl (C=O) groups excluding carboxylic acids is 1. The van der Waals surface area contributed by atoms with Crippen LogP contribution in [0.15, 0.2) is 47.8 Å². The van der Waals surface area contributed by atoms with Gasteiger partial charge in [0.1, 0.15) is 5.78 Å². The summed E-state index contributed by atoms with van der Waals surface area (Å²) in [5, 5.41) is 0. The number of halogens is 1. The standard InChI is InChI=1S/C23H33IO2/c1-16-5-9-21(17(2)13-16)10-6-18(3)26-15-23(24)14-20-7-11-22(12-8-20)19(4)25/h7-8,11,13,17,21-23H,3,5-6,9-10,12,14-15H2,1-2,4H3/t17?,21?,22?,23-/m1/s1. The minimum Gasteiger partial charge on any atom is -0.497 e. The first kappa shape index (κ1) is 21.5. The molecule has 0 saturated heterocycles. The summed E-state index contributed by atoms with van der Waals surface area (Å²) in [6.07, 6.45) is 15.3. The average molecular weight is 468 g/mol. The molecule has 2 aliphatic rings. The topological polar surface area (TPSA) is 26.3 Å². The van der Waals surface area contributed by atoms with Gasteiger partial charge in [0.15, 0.2) is 0 Å². The molecule has 0 heterocycles. The molecular weight excluding hydrogens is 435 g/mol. The lowest BCUT2D eigenvalue weighted by atomic mass is 9.79. The predicted octanol–water partition coefficient (Wildman–Crippen LogP) is 6.57. The monoisotopic (exact) mass is 468 g/mol. The van der Waals surface area contributed by atoms with E-state index in [0.717, 1.165) is 30.9 Å². The SMILES string of the molecule is C=C(CCC1CCC(C)=CC1C)OC[C@H](I)CC1=CCC(C(C)=O)C=C1. The van der Waals surface area contributed by atoms with E-state index in [0.29, 0.717) is 16.4 Å². The molecule has 2 nitrogen and oxygen atoms in total. The Morgan fingerprint density at radius 3 is 2.85 bits per heavy atom. The van der Waals surface area contributed by atoms with Crippen LogP contribution in [0, 0.1) is 17.8 Å². The molecule has 0 aromatic carbocycles. The molecule has 0 aliphatic heterocycles. The number of hydrogen-bond acceptors (Lipinski definition) is 2. The van der Waals surface area contributed by atoms with E-state index in [1.807, 2.05) is 6.08 Å². The van der Waals surface area contributed by atoms with Crippen molar-refractivity contribution in [3.63, 3.8) is 0 Å². The lowest BCUT2D eigenvalue weighted by Crippen LogP contribution is -2.16. The van der Waals surface area contributed by atoms with E-state index in [2.05, 4.69) is 61.2 Å². The molecular formula is C23H33IO2. The van der Waals surface area contributed by atoms with Crippen LogP contribution in [0.2, 0.25) is 0 Å². The summed E-state index contributed by atoms with van der Waals surface area (Å²) >= 11 is 2.46. The van der Waals surface area contributed by atoms with Gasteiger partial charge in [-0.1, -0.05) is 71.5 Å². The summed E-state index contributed by atoms with van der Waals surface area (Å²) in [7, 11) is 0. The van der Waals surface area contributed by atoms with Crippen LogP contribution in [0.25, 0.3) is 0 Å². The van der Waals surface area contributed by atoms with Gasteiger partial charge in [-0.25, -0.2) is 0 Å². The minimum atomic E-state index is 0.0725. The maximum absolute atomic E-state index is 11.4. The van der Waals surface area contributed by atoms with Crippen LogP contribution >= 0.6 is 22.6 Å². The highest BCUT2D eigenvalue weighted by Gasteiger charge is 2.20. The first-order chi connectivity index (χ1) is 12.3. The number of hydrogen-bond donors (Lipinski definition) is 0. The van der Waals surface area contributed by atoms with Crippen molar-refractivity contribution in [1.29, 1.82) is 0 Å². The molecule has 144 valence electrons. The molecule has 2 rings (SSSR count). The smallest absolute Gasteiger partial charge is 0.136 e. The molecule has 4 atom stereocenters. The van der Waals surface area contributed by atoms with Crippen LogP contribution in [-0.4, -0.2) is 16.3 Å². The molecule has 0 N–H and O–H groups in total. The van der Waals surface area contributed by atoms with Crippen LogP contribution in [-0.2, 0) is 9.53 Å². The fraction of sp³-hybridized carbons (Fsp3) is 0.609. The molecule has 0 spiro atoms. The van der Waals surface area contributed by atoms with E-state index in [9.17, 15) is 4.79 Å². The highest BCUT2D eigenvalue weighted by atomic mass is 127. The van der Waals surface area contributed by atoms with Crippen molar-refractivity contribution in [2.75, 3.05) is 6.61 Å². The third-order valence-corrected chi connectivity index (χ3v) is 6.42. The Morgan fingerprint density at radius 1 is 1.46 bits per heavy atom. The van der Waals surface area contributed by atoms with Gasteiger partial charge >= 0.3 is 0 Å². The number of alkyl halides is 1. The predicted molar refractivity (Wildman–Crippen MR) is 118 cm³/mol. The second kappa shape index (κ2) is 10.5. The van der Waals surface area contributed by atoms with Crippen LogP contribution in [0.1, 0.15) is 59.3 Å². The van der Waals surface area contributed by atoms with Crippen LogP contribution in [0.3, 0.4) is 0 Å². The quantitative estimate of drug-likeness (QED) is 0.166. The van der Waals surface area contributed by atoms with E-state index < -0.39 is 0 Å². The van der Waals surface area contributed by atoms with E-state index in [4.69, 9.17) is 4.74 Å². The molecule has 2 aliphatic carbocycles. The number of allylic oxidation sites excluding steroid dienone is 7. The van der Waals surface area contributed by atoms with E-state index in [1.54, 1.807) is 6.92 Å². The van der Waals surface area contributed by atoms with Gasteiger partial charge in [-0.3, -0.25) is 4.79 Å². The van der Waals surface area contributed by atoms with Crippen molar-refractivity contribution >= 4 is 28.4 Å². The third-order valence-electron chi connectivity index (χ3n) is 5.62. The number of ether oxygens (including phenoxy) is 1. The first-order valence-corrected chi connectivity index (χ1v) is 11.1. The lowest BCUT2D eigenvalue weighted by Gasteiger charge is -2.27. The molecule has 3 heteroatoms. The Hall–Kier alpha value is -0.840. The molecule has 0 saturated carbocycles. The van der Waals surface area contributed by atoms with E-state index in [1.165, 1.54) is 30.4 Å². The maximum Gasteiger partial charge on any atom is 0.136 e. The zero-order valence-electron chi connectivity index (χ0n) is 16.5. The number of ketones is 1. The van der Waals surface area contributed by atoms with Gasteiger partial charge in [0.2, 0.25) is 0 Å². The Labute approximate surface area is 173 Å². The van der Waals surface area contributed by atoms with Gasteiger partial charge in [0.05, 0.1) is 12.4 Å². The van der Waals surface area contributed by atoms with Crippen molar-refractivity contribution in [1.82, 2.24) is 0 Å². The molecule has 0 amide bonds. The first-order valence-electron chi connectivity index (χ1n) is 9.84. The largest absolute Gasteiger partial charge is 0.497 e. The summed E-state index contributed by atoms with van der Waals surface area (Å²) in [5.41, 5.74) is 2.85. The zero-order chi connectivity index (χ0) is 19.1. The van der Waals surface area contributed by atoms with Gasteiger partial charge in [-0.2, -0.15) is 0 Å². The number of Topliss-reactive ketones (excluding diaryl/α,β-unsaturated/α-hetero) is 1. The fourth-order valence-corrected chi connectivity index (χ4v) is 4.50. The normalized spacial score (nSPS) is 26.7. The second-order valence-electron chi connectivity index (χ2n) is 7.95. The van der Waals surface area contributed by atoms with Crippen LogP contribution < -0.4 is 0 Å². The summed E-state index contributed by atoms with van der Waals surface area (Å²) in [5.74, 6) is 2.69. The van der Waals surface area contributed by atoms with Gasteiger partial charge in [0.25, 0.3) is 0 Å². The second-order valence-corrected chi connectivity index (χ2v) is 9.71. The lowest BCUT2D eigenvalue weighted by molar-refractivity contribution is -0.119. The van der Waals surface area contributed by atoms with Crippen molar-refractivity contribution in [3.8, 4) is 0 Å². The van der Waals surface area contributed by atoms with Crippen molar-refractivity contribution in [3.05, 3.63) is 47.8 Å². The molecule has 0 radical (unpaired) electrons. The van der Waals surface area contributed by atoms with Crippen molar-refractivity contribution < 1.29 is 9.53 Å². The third kappa shape index (κ3) is 7.05. The Morgan fingerprint density at radius 2 is 2.23 bits per heavy atom. The highest BCUT2D eigenvalue weighted by Crippen LogP contribution is 2.32. The summed E-state index contributed by atoms with van der Waals surface area (Å²) in [6, 6.07) is 0. The molecule has 0 fully saturated rings. The van der Waals surface area contributed by atoms with Crippen molar-refractivity contribution in [2.45, 2.75) is 63.2 Å². The maximum atomic E-state index is 11.4. The van der Waals surface area contributed by atoms with Gasteiger partial charge in [-0.15, -0.1) is 0 Å². The fourth-order valence-electron chi connectivity index (χ4n) is 3.81. The molecule has 0 bridgehead atoms. The molecule has 0 aromatic rings. The van der Waals surface area contributed by atoms with Crippen LogP contribution in [0.5, 0.6) is 0 Å². The summed E-state index contributed by atoms with van der Waals surface area (Å²) in [6.45, 7) is 11.1. The van der Waals surface area contributed by atoms with Gasteiger partial charge < -0.3 is 4.74 Å². The van der Waals surface area contributed by atoms with E-state index in [-0.39, 0.29) is 11.7 Å². The zero-order valence-corrected chi connectivity index (χ0v) is 18.6. The average Bonchev–Trinajstić information content (AvgIpc) is 2.59. The van der Waals surface area contributed by atoms with Gasteiger partial charge in [-0.05, 0) is 57.8 Å². The number of rotatable bonds is 9. The Kier molecular flexibility index (Phi) is 8.65. The molecule has 0 aromatic heterocycles. The number of carbonyl (C=O) groups is 1. The summed E-state index contributed by atoms with van der Waals surface area (Å²) in [4.78, 5) is 11.4. The van der Waals surface area contributed by atoms with Crippen LogP contribution in [0.4, 0.5) is 0 Å². The molecule has 3 unspecified atom stereocenters. The molecule has 26 heavy (non-hydrogen) atoms. The summed E-state index contributed by atoms with van der Waals surface area (Å²) < 4.78 is 6.35. The van der Waals surface area contributed by atoms with E-state index >= 15 is 0 Å². The Balaban J connectivity index is 1.65. The Bertz CT molecular complexity index is 599. The van der Waals surface area contributed by atoms with Crippen molar-refractivity contribution in [2.24, 2.45) is 17.8 Å². The van der Waals surface area contributed by atoms with Gasteiger partial charge in [0, 0.05) is 16.3 Å².